The molecule has 2 rings (SSSR count). The molecule has 1 amide bonds. The third-order valence-corrected chi connectivity index (χ3v) is 3.56. The first kappa shape index (κ1) is 14.0. The van der Waals surface area contributed by atoms with Gasteiger partial charge in [0, 0.05) is 18.8 Å². The molecule has 1 heterocycles. The number of rotatable bonds is 3. The van der Waals surface area contributed by atoms with E-state index in [2.05, 4.69) is 5.32 Å². The number of carbonyl (C=O) groups excluding carboxylic acids is 1. The van der Waals surface area contributed by atoms with Crippen LogP contribution in [0.5, 0.6) is 0 Å². The summed E-state index contributed by atoms with van der Waals surface area (Å²) in [7, 11) is 0. The summed E-state index contributed by atoms with van der Waals surface area (Å²) in [5.41, 5.74) is 5.64. The van der Waals surface area contributed by atoms with Gasteiger partial charge in [0.15, 0.2) is 0 Å². The SMILES string of the molecule is CC(NC(=O)C1(N)CCOCC1)c1ccccc1F. The molecule has 4 nitrogen and oxygen atoms in total. The summed E-state index contributed by atoms with van der Waals surface area (Å²) in [5.74, 6) is -0.570. The van der Waals surface area contributed by atoms with Crippen molar-refractivity contribution in [3.63, 3.8) is 0 Å². The number of nitrogens with one attached hydrogen (secondary N) is 1. The molecule has 0 spiro atoms. The minimum absolute atomic E-state index is 0.244. The van der Waals surface area contributed by atoms with Crippen LogP contribution in [0.4, 0.5) is 4.39 Å². The van der Waals surface area contributed by atoms with Crippen LogP contribution in [-0.2, 0) is 9.53 Å². The molecule has 1 unspecified atom stereocenters. The number of hydrogen-bond acceptors (Lipinski definition) is 3. The molecule has 0 radical (unpaired) electrons. The normalized spacial score (nSPS) is 19.7. The van der Waals surface area contributed by atoms with Crippen molar-refractivity contribution in [2.75, 3.05) is 13.2 Å². The zero-order chi connectivity index (χ0) is 13.9. The van der Waals surface area contributed by atoms with Gasteiger partial charge >= 0.3 is 0 Å². The second-order valence-corrected chi connectivity index (χ2v) is 4.99. The fraction of sp³-hybridized carbons (Fsp3) is 0.500. The molecule has 19 heavy (non-hydrogen) atoms. The van der Waals surface area contributed by atoms with Crippen molar-refractivity contribution in [3.05, 3.63) is 35.6 Å². The Kier molecular flexibility index (Phi) is 4.17. The Bertz CT molecular complexity index is 459. The minimum Gasteiger partial charge on any atom is -0.381 e. The summed E-state index contributed by atoms with van der Waals surface area (Å²) in [4.78, 5) is 12.2. The van der Waals surface area contributed by atoms with Crippen molar-refractivity contribution >= 4 is 5.91 Å². The van der Waals surface area contributed by atoms with Gasteiger partial charge in [0.05, 0.1) is 11.6 Å². The van der Waals surface area contributed by atoms with Crippen LogP contribution in [0.3, 0.4) is 0 Å². The van der Waals surface area contributed by atoms with Crippen molar-refractivity contribution in [1.82, 2.24) is 5.32 Å². The van der Waals surface area contributed by atoms with Gasteiger partial charge in [0.25, 0.3) is 0 Å². The van der Waals surface area contributed by atoms with E-state index >= 15 is 0 Å². The molecular formula is C14H19FN2O2. The standard InChI is InChI=1S/C14H19FN2O2/c1-10(11-4-2-3-5-12(11)15)17-13(18)14(16)6-8-19-9-7-14/h2-5,10H,6-9,16H2,1H3,(H,17,18). The van der Waals surface area contributed by atoms with Crippen LogP contribution >= 0.6 is 0 Å². The highest BCUT2D eigenvalue weighted by atomic mass is 19.1. The maximum atomic E-state index is 13.6. The van der Waals surface area contributed by atoms with E-state index in [1.807, 2.05) is 0 Å². The molecule has 1 aromatic rings. The van der Waals surface area contributed by atoms with Gasteiger partial charge in [0.2, 0.25) is 5.91 Å². The van der Waals surface area contributed by atoms with Crippen LogP contribution < -0.4 is 11.1 Å². The number of hydrogen-bond donors (Lipinski definition) is 2. The molecule has 0 aliphatic carbocycles. The first-order valence-corrected chi connectivity index (χ1v) is 6.45. The van der Waals surface area contributed by atoms with Crippen LogP contribution in [0.25, 0.3) is 0 Å². The largest absolute Gasteiger partial charge is 0.381 e. The predicted molar refractivity (Wildman–Crippen MR) is 69.9 cm³/mol. The highest BCUT2D eigenvalue weighted by Gasteiger charge is 2.36. The smallest absolute Gasteiger partial charge is 0.240 e. The van der Waals surface area contributed by atoms with Crippen molar-refractivity contribution < 1.29 is 13.9 Å². The van der Waals surface area contributed by atoms with Crippen molar-refractivity contribution in [2.24, 2.45) is 5.73 Å². The zero-order valence-electron chi connectivity index (χ0n) is 11.0. The van der Waals surface area contributed by atoms with Gasteiger partial charge in [0.1, 0.15) is 5.82 Å². The summed E-state index contributed by atoms with van der Waals surface area (Å²) in [5, 5.41) is 2.79. The molecule has 1 saturated heterocycles. The summed E-state index contributed by atoms with van der Waals surface area (Å²) in [6.45, 7) is 2.72. The van der Waals surface area contributed by atoms with Crippen LogP contribution in [-0.4, -0.2) is 24.7 Å². The van der Waals surface area contributed by atoms with Crippen molar-refractivity contribution in [2.45, 2.75) is 31.3 Å². The lowest BCUT2D eigenvalue weighted by Gasteiger charge is -2.33. The molecule has 1 aliphatic rings. The number of halogens is 1. The quantitative estimate of drug-likeness (QED) is 0.871. The minimum atomic E-state index is -0.905. The monoisotopic (exact) mass is 266 g/mol. The molecule has 1 atom stereocenters. The van der Waals surface area contributed by atoms with E-state index in [9.17, 15) is 9.18 Å². The summed E-state index contributed by atoms with van der Waals surface area (Å²) >= 11 is 0. The fourth-order valence-corrected chi connectivity index (χ4v) is 2.21. The molecule has 1 fully saturated rings. The van der Waals surface area contributed by atoms with Gasteiger partial charge in [-0.3, -0.25) is 4.79 Å². The maximum Gasteiger partial charge on any atom is 0.240 e. The third-order valence-electron chi connectivity index (χ3n) is 3.56. The Morgan fingerprint density at radius 3 is 2.68 bits per heavy atom. The van der Waals surface area contributed by atoms with E-state index in [0.29, 0.717) is 31.6 Å². The number of amides is 1. The first-order valence-electron chi connectivity index (χ1n) is 6.45. The molecular weight excluding hydrogens is 247 g/mol. The van der Waals surface area contributed by atoms with Gasteiger partial charge in [-0.25, -0.2) is 4.39 Å². The van der Waals surface area contributed by atoms with E-state index in [4.69, 9.17) is 10.5 Å². The molecule has 104 valence electrons. The molecule has 0 aromatic heterocycles. The Hall–Kier alpha value is -1.46. The molecule has 0 bridgehead atoms. The average Bonchev–Trinajstić information content (AvgIpc) is 2.40. The predicted octanol–water partition coefficient (Wildman–Crippen LogP) is 1.51. The van der Waals surface area contributed by atoms with Crippen LogP contribution in [0, 0.1) is 5.82 Å². The van der Waals surface area contributed by atoms with Crippen LogP contribution in [0.15, 0.2) is 24.3 Å². The van der Waals surface area contributed by atoms with Gasteiger partial charge in [-0.1, -0.05) is 18.2 Å². The topological polar surface area (TPSA) is 64.4 Å². The third kappa shape index (κ3) is 3.11. The highest BCUT2D eigenvalue weighted by molar-refractivity contribution is 5.86. The van der Waals surface area contributed by atoms with Gasteiger partial charge < -0.3 is 15.8 Å². The molecule has 5 heteroatoms. The second kappa shape index (κ2) is 5.67. The molecule has 0 saturated carbocycles. The van der Waals surface area contributed by atoms with E-state index in [1.54, 1.807) is 25.1 Å². The summed E-state index contributed by atoms with van der Waals surface area (Å²) in [6, 6.07) is 6.00. The van der Waals surface area contributed by atoms with E-state index in [0.717, 1.165) is 0 Å². The van der Waals surface area contributed by atoms with Gasteiger partial charge in [-0.05, 0) is 25.8 Å². The lowest BCUT2D eigenvalue weighted by atomic mass is 9.90. The number of ether oxygens (including phenoxy) is 1. The van der Waals surface area contributed by atoms with E-state index in [-0.39, 0.29) is 11.7 Å². The van der Waals surface area contributed by atoms with Gasteiger partial charge in [-0.2, -0.15) is 0 Å². The number of carbonyl (C=O) groups is 1. The van der Waals surface area contributed by atoms with Crippen molar-refractivity contribution in [1.29, 1.82) is 0 Å². The molecule has 3 N–H and O–H groups in total. The summed E-state index contributed by atoms with van der Waals surface area (Å²) < 4.78 is 18.8. The Morgan fingerprint density at radius 2 is 2.05 bits per heavy atom. The fourth-order valence-electron chi connectivity index (χ4n) is 2.21. The van der Waals surface area contributed by atoms with Crippen LogP contribution in [0.2, 0.25) is 0 Å². The van der Waals surface area contributed by atoms with Crippen LogP contribution in [0.1, 0.15) is 31.4 Å². The molecule has 1 aliphatic heterocycles. The second-order valence-electron chi connectivity index (χ2n) is 4.99. The maximum absolute atomic E-state index is 13.6. The average molecular weight is 266 g/mol. The lowest BCUT2D eigenvalue weighted by molar-refractivity contribution is -0.130. The van der Waals surface area contributed by atoms with Crippen molar-refractivity contribution in [3.8, 4) is 0 Å². The number of benzene rings is 1. The Morgan fingerprint density at radius 1 is 1.42 bits per heavy atom. The Balaban J connectivity index is 2.04. The highest BCUT2D eigenvalue weighted by Crippen LogP contribution is 2.21. The van der Waals surface area contributed by atoms with E-state index in [1.165, 1.54) is 6.07 Å². The summed E-state index contributed by atoms with van der Waals surface area (Å²) in [6.07, 6.45) is 0.978. The number of nitrogens with two attached hydrogens (primary N) is 1. The first-order chi connectivity index (χ1) is 9.03. The zero-order valence-corrected chi connectivity index (χ0v) is 11.0. The lowest BCUT2D eigenvalue weighted by Crippen LogP contribution is -2.57. The van der Waals surface area contributed by atoms with Gasteiger partial charge in [-0.15, -0.1) is 0 Å². The van der Waals surface area contributed by atoms with E-state index < -0.39 is 11.6 Å². The Labute approximate surface area is 112 Å². The molecule has 1 aromatic carbocycles.